The van der Waals surface area contributed by atoms with Crippen LogP contribution in [0, 0.1) is 0 Å². The van der Waals surface area contributed by atoms with Crippen molar-refractivity contribution in [3.05, 3.63) is 212 Å². The number of hydrogen-bond donors (Lipinski definition) is 0. The maximum Gasteiger partial charge on any atom is 0.143 e. The van der Waals surface area contributed by atoms with E-state index in [2.05, 4.69) is 217 Å². The highest BCUT2D eigenvalue weighted by molar-refractivity contribution is 7.25. The SMILES string of the molecule is c1ccc2c(-c3ccc(N(c4ccc(-c5cccc6oc7c8ccccc8ccc7c56)cc4)c4ccc(-c5cccc6sc7ccccc7c56)cc4)cc3)cccc2c1. The molecule has 12 aromatic rings. The zero-order chi connectivity index (χ0) is 38.9. The number of benzene rings is 10. The molecule has 0 saturated heterocycles. The standard InChI is InChI=1S/C56H35NOS/c1-3-13-44-36(10-1)12-7-16-45(44)38-22-29-41(30-23-38)57(43-33-26-40(27-34-43)47-18-9-21-53-55(47)49-15-5-6-20-52(49)59-53)42-31-24-39(25-32-42)46-17-8-19-51-54(46)50-35-28-37-11-2-4-14-48(37)56(50)58-51/h1-35H. The van der Waals surface area contributed by atoms with E-state index < -0.39 is 0 Å². The van der Waals surface area contributed by atoms with Crippen LogP contribution in [-0.4, -0.2) is 0 Å². The third-order valence-corrected chi connectivity index (χ3v) is 13.0. The summed E-state index contributed by atoms with van der Waals surface area (Å²) in [7, 11) is 0. The molecule has 0 spiro atoms. The van der Waals surface area contributed by atoms with Gasteiger partial charge in [0.05, 0.1) is 0 Å². The summed E-state index contributed by atoms with van der Waals surface area (Å²) < 4.78 is 9.18. The molecule has 12 rings (SSSR count). The van der Waals surface area contributed by atoms with Gasteiger partial charge in [-0.3, -0.25) is 0 Å². The molecule has 0 amide bonds. The summed E-state index contributed by atoms with van der Waals surface area (Å²) in [6.07, 6.45) is 0. The molecule has 2 heterocycles. The first-order valence-electron chi connectivity index (χ1n) is 20.1. The zero-order valence-electron chi connectivity index (χ0n) is 32.0. The van der Waals surface area contributed by atoms with Gasteiger partial charge in [-0.15, -0.1) is 11.3 Å². The summed E-state index contributed by atoms with van der Waals surface area (Å²) in [4.78, 5) is 2.36. The van der Waals surface area contributed by atoms with Gasteiger partial charge in [0.1, 0.15) is 11.2 Å². The molecule has 0 saturated carbocycles. The molecule has 0 radical (unpaired) electrons. The first-order valence-corrected chi connectivity index (χ1v) is 20.9. The fourth-order valence-electron chi connectivity index (χ4n) is 9.10. The molecule has 3 heteroatoms. The Labute approximate surface area is 345 Å². The van der Waals surface area contributed by atoms with E-state index in [0.717, 1.165) is 55.5 Å². The van der Waals surface area contributed by atoms with E-state index >= 15 is 0 Å². The summed E-state index contributed by atoms with van der Waals surface area (Å²) in [6, 6.07) is 76.9. The Balaban J connectivity index is 0.968. The van der Waals surface area contributed by atoms with E-state index in [4.69, 9.17) is 4.42 Å². The monoisotopic (exact) mass is 769 g/mol. The van der Waals surface area contributed by atoms with Crippen LogP contribution in [0.4, 0.5) is 17.1 Å². The molecule has 0 atom stereocenters. The van der Waals surface area contributed by atoms with Gasteiger partial charge in [0.2, 0.25) is 0 Å². The maximum absolute atomic E-state index is 6.54. The van der Waals surface area contributed by atoms with E-state index in [1.807, 2.05) is 11.3 Å². The predicted octanol–water partition coefficient (Wildman–Crippen LogP) is 16.7. The summed E-state index contributed by atoms with van der Waals surface area (Å²) in [5, 5.41) is 9.74. The lowest BCUT2D eigenvalue weighted by molar-refractivity contribution is 0.673. The number of anilines is 3. The molecule has 2 nitrogen and oxygen atoms in total. The highest BCUT2D eigenvalue weighted by atomic mass is 32.1. The average molecular weight is 770 g/mol. The van der Waals surface area contributed by atoms with Crippen molar-refractivity contribution in [2.75, 3.05) is 4.90 Å². The quantitative estimate of drug-likeness (QED) is 0.167. The number of rotatable bonds is 6. The van der Waals surface area contributed by atoms with Crippen LogP contribution in [0.25, 0.3) is 97.0 Å². The van der Waals surface area contributed by atoms with Crippen molar-refractivity contribution >= 4 is 92.1 Å². The van der Waals surface area contributed by atoms with Gasteiger partial charge in [0.15, 0.2) is 0 Å². The van der Waals surface area contributed by atoms with Crippen LogP contribution in [0.2, 0.25) is 0 Å². The van der Waals surface area contributed by atoms with E-state index in [1.165, 1.54) is 58.6 Å². The van der Waals surface area contributed by atoms with Crippen molar-refractivity contribution in [3.8, 4) is 33.4 Å². The van der Waals surface area contributed by atoms with Crippen LogP contribution in [0.3, 0.4) is 0 Å². The summed E-state index contributed by atoms with van der Waals surface area (Å²) in [6.45, 7) is 0. The summed E-state index contributed by atoms with van der Waals surface area (Å²) in [5.41, 5.74) is 12.3. The Kier molecular flexibility index (Phi) is 7.75. The molecule has 0 bridgehead atoms. The average Bonchev–Trinajstić information content (AvgIpc) is 3.89. The second-order valence-corrected chi connectivity index (χ2v) is 16.3. The number of fused-ring (bicyclic) bond motifs is 9. The fourth-order valence-corrected chi connectivity index (χ4v) is 10.2. The van der Waals surface area contributed by atoms with Crippen LogP contribution >= 0.6 is 11.3 Å². The second-order valence-electron chi connectivity index (χ2n) is 15.2. The van der Waals surface area contributed by atoms with Gasteiger partial charge in [-0.1, -0.05) is 152 Å². The van der Waals surface area contributed by atoms with Gasteiger partial charge in [0, 0.05) is 53.4 Å². The van der Waals surface area contributed by atoms with Crippen molar-refractivity contribution in [1.29, 1.82) is 0 Å². The van der Waals surface area contributed by atoms with Gasteiger partial charge in [-0.25, -0.2) is 0 Å². The first kappa shape index (κ1) is 33.7. The van der Waals surface area contributed by atoms with Crippen LogP contribution in [0.5, 0.6) is 0 Å². The third-order valence-electron chi connectivity index (χ3n) is 11.9. The number of hydrogen-bond acceptors (Lipinski definition) is 3. The third kappa shape index (κ3) is 5.55. The highest BCUT2D eigenvalue weighted by Crippen LogP contribution is 2.44. The van der Waals surface area contributed by atoms with Gasteiger partial charge >= 0.3 is 0 Å². The van der Waals surface area contributed by atoms with Crippen molar-refractivity contribution in [1.82, 2.24) is 0 Å². The first-order chi connectivity index (χ1) is 29.2. The minimum Gasteiger partial charge on any atom is -0.455 e. The minimum absolute atomic E-state index is 0.900. The number of furan rings is 1. The Bertz CT molecular complexity index is 3530. The van der Waals surface area contributed by atoms with Gasteiger partial charge in [-0.05, 0) is 110 Å². The van der Waals surface area contributed by atoms with Crippen LogP contribution in [0.1, 0.15) is 0 Å². The van der Waals surface area contributed by atoms with Crippen molar-refractivity contribution in [2.45, 2.75) is 0 Å². The van der Waals surface area contributed by atoms with Crippen LogP contribution in [0.15, 0.2) is 217 Å². The maximum atomic E-state index is 6.54. The molecular weight excluding hydrogens is 735 g/mol. The van der Waals surface area contributed by atoms with Gasteiger partial charge in [-0.2, -0.15) is 0 Å². The normalized spacial score (nSPS) is 11.7. The van der Waals surface area contributed by atoms with Crippen molar-refractivity contribution in [2.24, 2.45) is 0 Å². The topological polar surface area (TPSA) is 16.4 Å². The lowest BCUT2D eigenvalue weighted by atomic mass is 9.97. The van der Waals surface area contributed by atoms with E-state index in [1.54, 1.807) is 0 Å². The number of thiophene rings is 1. The Morgan fingerprint density at radius 2 is 0.814 bits per heavy atom. The lowest BCUT2D eigenvalue weighted by Crippen LogP contribution is -2.09. The summed E-state index contributed by atoms with van der Waals surface area (Å²) in [5.74, 6) is 0. The zero-order valence-corrected chi connectivity index (χ0v) is 32.8. The van der Waals surface area contributed by atoms with E-state index in [9.17, 15) is 0 Å². The van der Waals surface area contributed by atoms with E-state index in [-0.39, 0.29) is 0 Å². The molecule has 0 aliphatic carbocycles. The Morgan fingerprint density at radius 1 is 0.322 bits per heavy atom. The molecule has 0 aliphatic rings. The van der Waals surface area contributed by atoms with Crippen LogP contribution < -0.4 is 4.90 Å². The molecule has 276 valence electrons. The Hall–Kier alpha value is -7.46. The molecule has 59 heavy (non-hydrogen) atoms. The van der Waals surface area contributed by atoms with Gasteiger partial charge < -0.3 is 9.32 Å². The van der Waals surface area contributed by atoms with Crippen molar-refractivity contribution < 1.29 is 4.42 Å². The highest BCUT2D eigenvalue weighted by Gasteiger charge is 2.18. The molecule has 10 aromatic carbocycles. The molecular formula is C56H35NOS. The summed E-state index contributed by atoms with van der Waals surface area (Å²) >= 11 is 1.86. The molecule has 0 unspecified atom stereocenters. The molecule has 2 aromatic heterocycles. The van der Waals surface area contributed by atoms with Gasteiger partial charge in [0.25, 0.3) is 0 Å². The smallest absolute Gasteiger partial charge is 0.143 e. The van der Waals surface area contributed by atoms with Crippen molar-refractivity contribution in [3.63, 3.8) is 0 Å². The molecule has 0 fully saturated rings. The molecule has 0 aliphatic heterocycles. The lowest BCUT2D eigenvalue weighted by Gasteiger charge is -2.26. The van der Waals surface area contributed by atoms with Crippen LogP contribution in [-0.2, 0) is 0 Å². The predicted molar refractivity (Wildman–Crippen MR) is 253 cm³/mol. The fraction of sp³-hybridized carbons (Fsp3) is 0. The largest absolute Gasteiger partial charge is 0.455 e. The van der Waals surface area contributed by atoms with E-state index in [0.29, 0.717) is 0 Å². The minimum atomic E-state index is 0.900. The number of nitrogens with zero attached hydrogens (tertiary/aromatic N) is 1. The Morgan fingerprint density at radius 3 is 1.51 bits per heavy atom. The molecule has 0 N–H and O–H groups in total. The second kappa shape index (κ2) is 13.6.